The van der Waals surface area contributed by atoms with Gasteiger partial charge in [0.1, 0.15) is 11.6 Å². The van der Waals surface area contributed by atoms with Crippen LogP contribution in [0.5, 0.6) is 11.5 Å². The van der Waals surface area contributed by atoms with Gasteiger partial charge >= 0.3 is 0 Å². The predicted octanol–water partition coefficient (Wildman–Crippen LogP) is 4.41. The molecule has 26 heavy (non-hydrogen) atoms. The molecular weight excluding hydrogens is 326 g/mol. The Morgan fingerprint density at radius 1 is 1.04 bits per heavy atom. The SMILES string of the molecule is Cc1cc(N2CCC[C@H]2c2ccc3c(c2)OCCCO3)nc(C(C)C)n1. The third-order valence-corrected chi connectivity index (χ3v) is 5.08. The molecule has 1 aromatic heterocycles. The van der Waals surface area contributed by atoms with Crippen LogP contribution in [0, 0.1) is 6.92 Å². The molecule has 5 heteroatoms. The number of hydrogen-bond donors (Lipinski definition) is 0. The number of ether oxygens (including phenoxy) is 2. The molecule has 0 saturated carbocycles. The molecule has 1 saturated heterocycles. The first-order valence-corrected chi connectivity index (χ1v) is 9.63. The Balaban J connectivity index is 1.66. The van der Waals surface area contributed by atoms with Crippen molar-refractivity contribution in [3.05, 3.63) is 41.3 Å². The molecule has 0 bridgehead atoms. The van der Waals surface area contributed by atoms with Gasteiger partial charge < -0.3 is 14.4 Å². The molecule has 2 aliphatic rings. The largest absolute Gasteiger partial charge is 0.490 e. The monoisotopic (exact) mass is 353 g/mol. The molecule has 4 rings (SSSR count). The van der Waals surface area contributed by atoms with Crippen LogP contribution in [0.3, 0.4) is 0 Å². The van der Waals surface area contributed by atoms with Gasteiger partial charge in [-0.05, 0) is 37.5 Å². The molecule has 3 heterocycles. The second-order valence-electron chi connectivity index (χ2n) is 7.49. The van der Waals surface area contributed by atoms with Crippen LogP contribution in [-0.2, 0) is 0 Å². The Kier molecular flexibility index (Phi) is 4.70. The van der Waals surface area contributed by atoms with Crippen molar-refractivity contribution >= 4 is 5.82 Å². The zero-order chi connectivity index (χ0) is 18.1. The quantitative estimate of drug-likeness (QED) is 0.818. The van der Waals surface area contributed by atoms with Crippen molar-refractivity contribution in [1.29, 1.82) is 0 Å². The van der Waals surface area contributed by atoms with Gasteiger partial charge in [0.2, 0.25) is 0 Å². The smallest absolute Gasteiger partial charge is 0.161 e. The molecule has 0 spiro atoms. The minimum atomic E-state index is 0.321. The van der Waals surface area contributed by atoms with E-state index in [4.69, 9.17) is 14.5 Å². The van der Waals surface area contributed by atoms with Crippen LogP contribution in [0.2, 0.25) is 0 Å². The summed E-state index contributed by atoms with van der Waals surface area (Å²) in [7, 11) is 0. The molecule has 0 amide bonds. The summed E-state index contributed by atoms with van der Waals surface area (Å²) >= 11 is 0. The summed E-state index contributed by atoms with van der Waals surface area (Å²) in [6.45, 7) is 8.80. The van der Waals surface area contributed by atoms with Gasteiger partial charge in [0.05, 0.1) is 19.3 Å². The van der Waals surface area contributed by atoms with Crippen LogP contribution in [0.1, 0.15) is 62.2 Å². The average molecular weight is 353 g/mol. The fourth-order valence-corrected chi connectivity index (χ4v) is 3.75. The summed E-state index contributed by atoms with van der Waals surface area (Å²) in [6, 6.07) is 8.81. The number of fused-ring (bicyclic) bond motifs is 1. The lowest BCUT2D eigenvalue weighted by atomic mass is 10.0. The zero-order valence-corrected chi connectivity index (χ0v) is 15.9. The Hall–Kier alpha value is -2.30. The average Bonchev–Trinajstić information content (AvgIpc) is 3.00. The van der Waals surface area contributed by atoms with Crippen molar-refractivity contribution in [2.75, 3.05) is 24.7 Å². The van der Waals surface area contributed by atoms with Crippen molar-refractivity contribution in [3.8, 4) is 11.5 Å². The first-order chi connectivity index (χ1) is 12.6. The van der Waals surface area contributed by atoms with E-state index in [0.717, 1.165) is 54.8 Å². The molecule has 0 radical (unpaired) electrons. The van der Waals surface area contributed by atoms with Gasteiger partial charge in [0.25, 0.3) is 0 Å². The number of nitrogens with zero attached hydrogens (tertiary/aromatic N) is 3. The van der Waals surface area contributed by atoms with Gasteiger partial charge in [-0.15, -0.1) is 0 Å². The van der Waals surface area contributed by atoms with E-state index >= 15 is 0 Å². The number of anilines is 1. The highest BCUT2D eigenvalue weighted by Gasteiger charge is 2.29. The number of aryl methyl sites for hydroxylation is 1. The van der Waals surface area contributed by atoms with E-state index in [2.05, 4.69) is 54.9 Å². The van der Waals surface area contributed by atoms with E-state index < -0.39 is 0 Å². The predicted molar refractivity (Wildman–Crippen MR) is 102 cm³/mol. The summed E-state index contributed by atoms with van der Waals surface area (Å²) in [5.41, 5.74) is 2.30. The van der Waals surface area contributed by atoms with Crippen molar-refractivity contribution in [2.45, 2.75) is 52.0 Å². The van der Waals surface area contributed by atoms with Crippen LogP contribution < -0.4 is 14.4 Å². The molecule has 0 N–H and O–H groups in total. The Morgan fingerprint density at radius 3 is 2.65 bits per heavy atom. The molecule has 5 nitrogen and oxygen atoms in total. The Morgan fingerprint density at radius 2 is 1.85 bits per heavy atom. The fraction of sp³-hybridized carbons (Fsp3) is 0.524. The van der Waals surface area contributed by atoms with E-state index in [9.17, 15) is 0 Å². The topological polar surface area (TPSA) is 47.5 Å². The highest BCUT2D eigenvalue weighted by molar-refractivity contribution is 5.49. The lowest BCUT2D eigenvalue weighted by Crippen LogP contribution is -2.24. The van der Waals surface area contributed by atoms with Crippen molar-refractivity contribution < 1.29 is 9.47 Å². The van der Waals surface area contributed by atoms with Crippen molar-refractivity contribution in [2.24, 2.45) is 0 Å². The normalized spacial score (nSPS) is 19.7. The molecule has 1 fully saturated rings. The molecule has 2 aromatic rings. The summed E-state index contributed by atoms with van der Waals surface area (Å²) in [5, 5.41) is 0. The van der Waals surface area contributed by atoms with E-state index in [1.807, 2.05) is 0 Å². The van der Waals surface area contributed by atoms with E-state index in [-0.39, 0.29) is 0 Å². The fourth-order valence-electron chi connectivity index (χ4n) is 3.75. The summed E-state index contributed by atoms with van der Waals surface area (Å²) in [6.07, 6.45) is 3.22. The van der Waals surface area contributed by atoms with Crippen LogP contribution in [0.15, 0.2) is 24.3 Å². The summed E-state index contributed by atoms with van der Waals surface area (Å²) < 4.78 is 11.7. The summed E-state index contributed by atoms with van der Waals surface area (Å²) in [5.74, 6) is 4.01. The first-order valence-electron chi connectivity index (χ1n) is 9.63. The number of hydrogen-bond acceptors (Lipinski definition) is 5. The molecule has 0 unspecified atom stereocenters. The number of aromatic nitrogens is 2. The molecule has 1 atom stereocenters. The van der Waals surface area contributed by atoms with Gasteiger partial charge in [0, 0.05) is 30.6 Å². The van der Waals surface area contributed by atoms with Crippen molar-refractivity contribution in [3.63, 3.8) is 0 Å². The van der Waals surface area contributed by atoms with Crippen molar-refractivity contribution in [1.82, 2.24) is 9.97 Å². The standard InChI is InChI=1S/C21H27N3O2/c1-14(2)21-22-15(3)12-20(23-21)24-9-4-6-17(24)16-7-8-18-19(13-16)26-11-5-10-25-18/h7-8,12-14,17H,4-6,9-11H2,1-3H3/t17-/m0/s1. The Bertz CT molecular complexity index is 791. The van der Waals surface area contributed by atoms with Gasteiger partial charge in [-0.3, -0.25) is 0 Å². The zero-order valence-electron chi connectivity index (χ0n) is 15.9. The maximum Gasteiger partial charge on any atom is 0.161 e. The highest BCUT2D eigenvalue weighted by Crippen LogP contribution is 2.39. The molecule has 0 aliphatic carbocycles. The van der Waals surface area contributed by atoms with Gasteiger partial charge in [-0.2, -0.15) is 0 Å². The van der Waals surface area contributed by atoms with E-state index in [1.54, 1.807) is 0 Å². The maximum atomic E-state index is 5.89. The molecule has 138 valence electrons. The molecular formula is C21H27N3O2. The first kappa shape index (κ1) is 17.1. The van der Waals surface area contributed by atoms with Crippen LogP contribution in [0.4, 0.5) is 5.82 Å². The Labute approximate surface area is 155 Å². The summed E-state index contributed by atoms with van der Waals surface area (Å²) in [4.78, 5) is 11.9. The second kappa shape index (κ2) is 7.14. The van der Waals surface area contributed by atoms with Crippen LogP contribution >= 0.6 is 0 Å². The highest BCUT2D eigenvalue weighted by atomic mass is 16.5. The van der Waals surface area contributed by atoms with Crippen LogP contribution in [0.25, 0.3) is 0 Å². The minimum Gasteiger partial charge on any atom is -0.490 e. The number of rotatable bonds is 3. The minimum absolute atomic E-state index is 0.321. The number of benzene rings is 1. The van der Waals surface area contributed by atoms with E-state index in [1.165, 1.54) is 12.0 Å². The maximum absolute atomic E-state index is 5.89. The van der Waals surface area contributed by atoms with E-state index in [0.29, 0.717) is 18.6 Å². The lowest BCUT2D eigenvalue weighted by molar-refractivity contribution is 0.297. The van der Waals surface area contributed by atoms with Gasteiger partial charge in [0.15, 0.2) is 11.5 Å². The third-order valence-electron chi connectivity index (χ3n) is 5.08. The van der Waals surface area contributed by atoms with Gasteiger partial charge in [-0.25, -0.2) is 9.97 Å². The molecule has 2 aliphatic heterocycles. The lowest BCUT2D eigenvalue weighted by Gasteiger charge is -2.27. The molecule has 1 aromatic carbocycles. The third kappa shape index (κ3) is 3.35. The van der Waals surface area contributed by atoms with Crippen LogP contribution in [-0.4, -0.2) is 29.7 Å². The van der Waals surface area contributed by atoms with Gasteiger partial charge in [-0.1, -0.05) is 19.9 Å². The second-order valence-corrected chi connectivity index (χ2v) is 7.49.